The summed E-state index contributed by atoms with van der Waals surface area (Å²) in [5.74, 6) is 0.653. The zero-order valence-electron chi connectivity index (χ0n) is 14.9. The number of carbonyl (C=O) groups is 1. The maximum absolute atomic E-state index is 12.2. The van der Waals surface area contributed by atoms with Crippen molar-refractivity contribution in [3.8, 4) is 5.75 Å². The molecule has 1 aromatic rings. The van der Waals surface area contributed by atoms with Gasteiger partial charge in [-0.2, -0.15) is 0 Å². The lowest BCUT2D eigenvalue weighted by Crippen LogP contribution is -2.26. The summed E-state index contributed by atoms with van der Waals surface area (Å²) in [6, 6.07) is 10.4. The van der Waals surface area contributed by atoms with Gasteiger partial charge in [0, 0.05) is 14.5 Å². The second-order valence-electron chi connectivity index (χ2n) is 7.43. The van der Waals surface area contributed by atoms with E-state index in [0.717, 1.165) is 24.2 Å². The van der Waals surface area contributed by atoms with Gasteiger partial charge in [-0.05, 0) is 24.1 Å². The summed E-state index contributed by atoms with van der Waals surface area (Å²) in [7, 11) is 0.516. The van der Waals surface area contributed by atoms with Crippen molar-refractivity contribution in [3.63, 3.8) is 0 Å². The van der Waals surface area contributed by atoms with Crippen LogP contribution >= 0.6 is 0 Å². The van der Waals surface area contributed by atoms with Crippen molar-refractivity contribution < 1.29 is 14.3 Å². The number of ether oxygens (including phenoxy) is 2. The van der Waals surface area contributed by atoms with Crippen LogP contribution in [0.4, 0.5) is 0 Å². The molecule has 0 aliphatic carbocycles. The Labute approximate surface area is 141 Å². The molecule has 0 aromatic heterocycles. The molecule has 0 N–H and O–H groups in total. The van der Waals surface area contributed by atoms with Crippen LogP contribution in [-0.4, -0.2) is 27.3 Å². The van der Waals surface area contributed by atoms with E-state index in [1.165, 1.54) is 24.9 Å². The van der Waals surface area contributed by atoms with Crippen molar-refractivity contribution in [2.24, 2.45) is 0 Å². The van der Waals surface area contributed by atoms with Gasteiger partial charge in [0.2, 0.25) is 0 Å². The third-order valence-corrected chi connectivity index (χ3v) is 8.28. The molecule has 0 amide bonds. The summed E-state index contributed by atoms with van der Waals surface area (Å²) in [6.07, 6.45) is 4.56. The highest BCUT2D eigenvalue weighted by atomic mass is 28.3. The molecule has 0 saturated carbocycles. The summed E-state index contributed by atoms with van der Waals surface area (Å²) in [5, 5.41) is 0. The maximum atomic E-state index is 12.2. The van der Waals surface area contributed by atoms with Gasteiger partial charge < -0.3 is 9.47 Å². The molecule has 2 rings (SSSR count). The van der Waals surface area contributed by atoms with Crippen LogP contribution in [0.5, 0.6) is 5.75 Å². The average molecular weight is 335 g/mol. The molecular weight excluding hydrogens is 304 g/mol. The zero-order chi connectivity index (χ0) is 16.9. The van der Waals surface area contributed by atoms with Gasteiger partial charge in [0.25, 0.3) is 0 Å². The van der Waals surface area contributed by atoms with Gasteiger partial charge in [-0.3, -0.25) is 4.79 Å². The standard InChI is InChI=1S/C19H30O3Si/c1-5-6-12-23(3,4)13-11-17-14-18(19(20)22-17)15-7-9-16(21-2)10-8-15/h7-10,17-18H,5-6,11-14H2,1-4H3/t17-,18+/m1/s1. The number of hydrogen-bond acceptors (Lipinski definition) is 3. The van der Waals surface area contributed by atoms with Gasteiger partial charge in [0.05, 0.1) is 13.0 Å². The van der Waals surface area contributed by atoms with Crippen molar-refractivity contribution in [3.05, 3.63) is 29.8 Å². The molecule has 128 valence electrons. The minimum atomic E-state index is -1.14. The Hall–Kier alpha value is -1.29. The summed E-state index contributed by atoms with van der Waals surface area (Å²) in [4.78, 5) is 12.2. The molecule has 0 radical (unpaired) electrons. The highest BCUT2D eigenvalue weighted by molar-refractivity contribution is 6.77. The molecule has 1 heterocycles. The molecule has 0 bridgehead atoms. The first kappa shape index (κ1) is 18.1. The van der Waals surface area contributed by atoms with Crippen LogP contribution in [0.3, 0.4) is 0 Å². The summed E-state index contributed by atoms with van der Waals surface area (Å²) in [5.41, 5.74) is 1.04. The second kappa shape index (κ2) is 8.00. The molecule has 1 aliphatic heterocycles. The largest absolute Gasteiger partial charge is 0.497 e. The number of rotatable bonds is 8. The molecule has 4 heteroatoms. The molecule has 0 spiro atoms. The predicted molar refractivity (Wildman–Crippen MR) is 96.9 cm³/mol. The highest BCUT2D eigenvalue weighted by Gasteiger charge is 2.36. The molecule has 1 aromatic carbocycles. The summed E-state index contributed by atoms with van der Waals surface area (Å²) >= 11 is 0. The van der Waals surface area contributed by atoms with E-state index in [2.05, 4.69) is 20.0 Å². The van der Waals surface area contributed by atoms with E-state index in [9.17, 15) is 4.79 Å². The van der Waals surface area contributed by atoms with Crippen LogP contribution in [0.2, 0.25) is 25.2 Å². The molecule has 1 saturated heterocycles. The zero-order valence-corrected chi connectivity index (χ0v) is 15.9. The number of benzene rings is 1. The number of hydrogen-bond donors (Lipinski definition) is 0. The summed E-state index contributed by atoms with van der Waals surface area (Å²) in [6.45, 7) is 7.17. The molecule has 3 nitrogen and oxygen atoms in total. The monoisotopic (exact) mass is 334 g/mol. The van der Waals surface area contributed by atoms with Gasteiger partial charge in [-0.15, -0.1) is 0 Å². The van der Waals surface area contributed by atoms with Crippen LogP contribution in [0.1, 0.15) is 44.1 Å². The van der Waals surface area contributed by atoms with Crippen LogP contribution in [0.25, 0.3) is 0 Å². The van der Waals surface area contributed by atoms with E-state index in [1.807, 2.05) is 24.3 Å². The van der Waals surface area contributed by atoms with Gasteiger partial charge in [-0.25, -0.2) is 0 Å². The fraction of sp³-hybridized carbons (Fsp3) is 0.632. The lowest BCUT2D eigenvalue weighted by molar-refractivity contribution is -0.142. The molecule has 1 aliphatic rings. The molecule has 0 unspecified atom stereocenters. The number of unbranched alkanes of at least 4 members (excludes halogenated alkanes) is 1. The highest BCUT2D eigenvalue weighted by Crippen LogP contribution is 2.35. The number of esters is 1. The Bertz CT molecular complexity index is 510. The van der Waals surface area contributed by atoms with Crippen LogP contribution in [-0.2, 0) is 9.53 Å². The van der Waals surface area contributed by atoms with Crippen LogP contribution < -0.4 is 4.74 Å². The van der Waals surface area contributed by atoms with E-state index in [4.69, 9.17) is 9.47 Å². The molecule has 23 heavy (non-hydrogen) atoms. The van der Waals surface area contributed by atoms with E-state index in [1.54, 1.807) is 7.11 Å². The minimum absolute atomic E-state index is 0.0619. The van der Waals surface area contributed by atoms with E-state index in [0.29, 0.717) is 0 Å². The van der Waals surface area contributed by atoms with E-state index < -0.39 is 8.07 Å². The van der Waals surface area contributed by atoms with Crippen LogP contribution in [0, 0.1) is 0 Å². The first-order valence-electron chi connectivity index (χ1n) is 8.79. The Morgan fingerprint density at radius 1 is 1.22 bits per heavy atom. The smallest absolute Gasteiger partial charge is 0.313 e. The fourth-order valence-corrected chi connectivity index (χ4v) is 5.93. The minimum Gasteiger partial charge on any atom is -0.497 e. The molecule has 1 fully saturated rings. The second-order valence-corrected chi connectivity index (χ2v) is 12.8. The van der Waals surface area contributed by atoms with Crippen molar-refractivity contribution in [2.45, 2.75) is 69.8 Å². The lowest BCUT2D eigenvalue weighted by atomic mass is 9.95. The topological polar surface area (TPSA) is 35.5 Å². The van der Waals surface area contributed by atoms with Crippen LogP contribution in [0.15, 0.2) is 24.3 Å². The van der Waals surface area contributed by atoms with E-state index in [-0.39, 0.29) is 18.0 Å². The van der Waals surface area contributed by atoms with Gasteiger partial charge in [0.15, 0.2) is 0 Å². The molecular formula is C19H30O3Si. The Morgan fingerprint density at radius 3 is 2.52 bits per heavy atom. The molecule has 2 atom stereocenters. The first-order chi connectivity index (χ1) is 10.9. The number of carbonyl (C=O) groups excluding carboxylic acids is 1. The Balaban J connectivity index is 1.89. The van der Waals surface area contributed by atoms with E-state index >= 15 is 0 Å². The first-order valence-corrected chi connectivity index (χ1v) is 12.2. The van der Waals surface area contributed by atoms with Gasteiger partial charge >= 0.3 is 5.97 Å². The SMILES string of the molecule is CCCC[Si](C)(C)CC[C@@H]1C[C@@H](c2ccc(OC)cc2)C(=O)O1. The average Bonchev–Trinajstić information content (AvgIpc) is 2.92. The van der Waals surface area contributed by atoms with Gasteiger partial charge in [-0.1, -0.05) is 57.1 Å². The van der Waals surface area contributed by atoms with Crippen molar-refractivity contribution in [1.29, 1.82) is 0 Å². The van der Waals surface area contributed by atoms with Crippen molar-refractivity contribution in [1.82, 2.24) is 0 Å². The maximum Gasteiger partial charge on any atom is 0.313 e. The third kappa shape index (κ3) is 5.10. The third-order valence-electron chi connectivity index (χ3n) is 4.93. The Morgan fingerprint density at radius 2 is 1.91 bits per heavy atom. The number of cyclic esters (lactones) is 1. The predicted octanol–water partition coefficient (Wildman–Crippen LogP) is 4.99. The fourth-order valence-electron chi connectivity index (χ4n) is 3.27. The quantitative estimate of drug-likeness (QED) is 0.496. The summed E-state index contributed by atoms with van der Waals surface area (Å²) < 4.78 is 10.8. The lowest BCUT2D eigenvalue weighted by Gasteiger charge is -2.23. The Kier molecular flexibility index (Phi) is 6.28. The van der Waals surface area contributed by atoms with Crippen molar-refractivity contribution >= 4 is 14.0 Å². The number of methoxy groups -OCH3 is 1. The van der Waals surface area contributed by atoms with Gasteiger partial charge in [0.1, 0.15) is 11.9 Å². The normalized spacial score (nSPS) is 21.3. The van der Waals surface area contributed by atoms with Crippen molar-refractivity contribution in [2.75, 3.05) is 7.11 Å².